The Labute approximate surface area is 170 Å². The quantitative estimate of drug-likeness (QED) is 0.343. The number of rotatable bonds is 8. The van der Waals surface area contributed by atoms with Crippen LogP contribution in [-0.4, -0.2) is 34.5 Å². The van der Waals surface area contributed by atoms with Crippen molar-refractivity contribution in [2.75, 3.05) is 13.2 Å². The van der Waals surface area contributed by atoms with E-state index >= 15 is 0 Å². The number of aromatic nitrogens is 3. The van der Waals surface area contributed by atoms with Crippen LogP contribution in [0.5, 0.6) is 0 Å². The molecule has 0 fully saturated rings. The summed E-state index contributed by atoms with van der Waals surface area (Å²) in [5.41, 5.74) is 2.83. The SMILES string of the molecule is CCOC([CH-]C(c1ccc(Cl)cc1)n1nnc2ccccc21)OCC.[Li+]. The standard InChI is InChI=1S/C19H21ClN3O2.Li/c1-3-24-19(25-4-2)13-18(14-9-11-15(20)12-10-14)23-17-8-6-5-7-16(17)21-22-23;/h5-13,18-19H,3-4H2,1-2H3;/q-1;+1. The van der Waals surface area contributed by atoms with Gasteiger partial charge in [0.05, 0.1) is 5.52 Å². The van der Waals surface area contributed by atoms with E-state index in [2.05, 4.69) is 10.3 Å². The zero-order chi connectivity index (χ0) is 17.6. The summed E-state index contributed by atoms with van der Waals surface area (Å²) in [6.45, 7) is 5.02. The molecule has 3 rings (SSSR count). The van der Waals surface area contributed by atoms with Gasteiger partial charge in [-0.1, -0.05) is 46.6 Å². The monoisotopic (exact) mass is 365 g/mol. The zero-order valence-corrected chi connectivity index (χ0v) is 16.1. The molecule has 7 heteroatoms. The zero-order valence-electron chi connectivity index (χ0n) is 15.3. The first-order chi connectivity index (χ1) is 12.2. The van der Waals surface area contributed by atoms with Gasteiger partial charge in [0.25, 0.3) is 0 Å². The molecule has 26 heavy (non-hydrogen) atoms. The van der Waals surface area contributed by atoms with E-state index in [-0.39, 0.29) is 24.9 Å². The molecule has 0 aliphatic carbocycles. The van der Waals surface area contributed by atoms with Gasteiger partial charge in [-0.3, -0.25) is 4.68 Å². The molecule has 0 N–H and O–H groups in total. The Kier molecular flexibility index (Phi) is 8.14. The largest absolute Gasteiger partial charge is 1.00 e. The predicted molar refractivity (Wildman–Crippen MR) is 98.5 cm³/mol. The van der Waals surface area contributed by atoms with Crippen LogP contribution < -0.4 is 18.9 Å². The minimum absolute atomic E-state index is 0. The van der Waals surface area contributed by atoms with E-state index in [0.29, 0.717) is 18.2 Å². The molecule has 1 atom stereocenters. The first-order valence-electron chi connectivity index (χ1n) is 8.36. The van der Waals surface area contributed by atoms with E-state index in [9.17, 15) is 0 Å². The van der Waals surface area contributed by atoms with Gasteiger partial charge in [-0.2, -0.15) is 0 Å². The number of ether oxygens (including phenoxy) is 2. The van der Waals surface area contributed by atoms with E-state index < -0.39 is 6.29 Å². The van der Waals surface area contributed by atoms with Crippen LogP contribution in [0.4, 0.5) is 0 Å². The number of nitrogens with zero attached hydrogens (tertiary/aromatic N) is 3. The Hall–Kier alpha value is -1.35. The average Bonchev–Trinajstić information content (AvgIpc) is 3.05. The van der Waals surface area contributed by atoms with Crippen LogP contribution in [0.15, 0.2) is 48.5 Å². The van der Waals surface area contributed by atoms with Gasteiger partial charge in [0.2, 0.25) is 0 Å². The van der Waals surface area contributed by atoms with Gasteiger partial charge in [0, 0.05) is 24.5 Å². The summed E-state index contributed by atoms with van der Waals surface area (Å²) in [5, 5.41) is 9.32. The van der Waals surface area contributed by atoms with E-state index in [0.717, 1.165) is 16.6 Å². The van der Waals surface area contributed by atoms with Gasteiger partial charge in [-0.25, -0.2) is 6.42 Å². The van der Waals surface area contributed by atoms with Crippen molar-refractivity contribution < 1.29 is 28.3 Å². The third-order valence-corrected chi connectivity index (χ3v) is 4.11. The van der Waals surface area contributed by atoms with Crippen molar-refractivity contribution in [3.05, 3.63) is 65.5 Å². The maximum atomic E-state index is 6.05. The molecule has 132 valence electrons. The van der Waals surface area contributed by atoms with Crippen LogP contribution >= 0.6 is 11.6 Å². The normalized spacial score (nSPS) is 12.3. The van der Waals surface area contributed by atoms with E-state index in [4.69, 9.17) is 21.1 Å². The summed E-state index contributed by atoms with van der Waals surface area (Å²) >= 11 is 6.05. The fourth-order valence-corrected chi connectivity index (χ4v) is 2.85. The molecule has 3 aromatic rings. The molecular formula is C19H21ClLiN3O2. The molecule has 1 unspecified atom stereocenters. The van der Waals surface area contributed by atoms with Gasteiger partial charge in [0.15, 0.2) is 0 Å². The van der Waals surface area contributed by atoms with E-state index in [1.807, 2.05) is 73.5 Å². The fraction of sp³-hybridized carbons (Fsp3) is 0.316. The van der Waals surface area contributed by atoms with Crippen molar-refractivity contribution in [2.45, 2.75) is 26.2 Å². The minimum atomic E-state index is -0.432. The summed E-state index contributed by atoms with van der Waals surface area (Å²) in [6, 6.07) is 15.4. The number of hydrogen-bond donors (Lipinski definition) is 0. The van der Waals surface area contributed by atoms with Crippen LogP contribution in [0, 0.1) is 6.42 Å². The summed E-state index contributed by atoms with van der Waals surface area (Å²) < 4.78 is 13.3. The summed E-state index contributed by atoms with van der Waals surface area (Å²) in [7, 11) is 0. The van der Waals surface area contributed by atoms with Gasteiger partial charge in [0.1, 0.15) is 5.52 Å². The maximum Gasteiger partial charge on any atom is 1.00 e. The second-order valence-corrected chi connectivity index (χ2v) is 5.93. The summed E-state index contributed by atoms with van der Waals surface area (Å²) in [4.78, 5) is 0. The third-order valence-electron chi connectivity index (χ3n) is 3.85. The third kappa shape index (κ3) is 4.88. The van der Waals surface area contributed by atoms with Crippen molar-refractivity contribution >= 4 is 22.6 Å². The molecule has 1 heterocycles. The molecule has 2 aromatic carbocycles. The number of para-hydroxylation sites is 1. The number of hydrogen-bond acceptors (Lipinski definition) is 4. The predicted octanol–water partition coefficient (Wildman–Crippen LogP) is 1.28. The fourth-order valence-electron chi connectivity index (χ4n) is 2.72. The van der Waals surface area contributed by atoms with Crippen LogP contribution in [0.1, 0.15) is 25.5 Å². The molecule has 0 spiro atoms. The van der Waals surface area contributed by atoms with Crippen molar-refractivity contribution in [3.8, 4) is 0 Å². The number of benzene rings is 2. The van der Waals surface area contributed by atoms with E-state index in [1.54, 1.807) is 0 Å². The second-order valence-electron chi connectivity index (χ2n) is 5.49. The van der Waals surface area contributed by atoms with Gasteiger partial charge in [-0.05, 0) is 44.2 Å². The Morgan fingerprint density at radius 2 is 1.69 bits per heavy atom. The van der Waals surface area contributed by atoms with Crippen molar-refractivity contribution in [2.24, 2.45) is 0 Å². The smallest absolute Gasteiger partial charge is 0.384 e. The van der Waals surface area contributed by atoms with Gasteiger partial charge < -0.3 is 9.47 Å². The Balaban J connectivity index is 0.00000243. The first-order valence-corrected chi connectivity index (χ1v) is 8.74. The molecule has 5 nitrogen and oxygen atoms in total. The molecule has 0 saturated heterocycles. The average molecular weight is 366 g/mol. The molecule has 0 aliphatic rings. The molecular weight excluding hydrogens is 345 g/mol. The number of halogens is 1. The van der Waals surface area contributed by atoms with Crippen LogP contribution in [0.2, 0.25) is 5.02 Å². The molecule has 0 aliphatic heterocycles. The van der Waals surface area contributed by atoms with Gasteiger partial charge in [-0.15, -0.1) is 5.10 Å². The van der Waals surface area contributed by atoms with Crippen molar-refractivity contribution in [1.82, 2.24) is 15.0 Å². The topological polar surface area (TPSA) is 49.2 Å². The molecule has 0 saturated carbocycles. The first kappa shape index (κ1) is 21.0. The molecule has 0 bridgehead atoms. The Bertz CT molecular complexity index is 804. The minimum Gasteiger partial charge on any atom is -0.384 e. The molecule has 0 amide bonds. The second kappa shape index (κ2) is 10.1. The summed E-state index contributed by atoms with van der Waals surface area (Å²) in [6.07, 6.45) is 1.57. The maximum absolute atomic E-state index is 6.05. The summed E-state index contributed by atoms with van der Waals surface area (Å²) in [5.74, 6) is 0. The molecule has 0 radical (unpaired) electrons. The Morgan fingerprint density at radius 1 is 1.04 bits per heavy atom. The van der Waals surface area contributed by atoms with Gasteiger partial charge >= 0.3 is 18.9 Å². The van der Waals surface area contributed by atoms with Crippen LogP contribution in [0.25, 0.3) is 11.0 Å². The molecule has 1 aromatic heterocycles. The van der Waals surface area contributed by atoms with Crippen molar-refractivity contribution in [3.63, 3.8) is 0 Å². The van der Waals surface area contributed by atoms with Crippen LogP contribution in [-0.2, 0) is 9.47 Å². The number of fused-ring (bicyclic) bond motifs is 1. The Morgan fingerprint density at radius 3 is 2.35 bits per heavy atom. The van der Waals surface area contributed by atoms with Crippen LogP contribution in [0.3, 0.4) is 0 Å². The van der Waals surface area contributed by atoms with E-state index in [1.165, 1.54) is 0 Å². The van der Waals surface area contributed by atoms with Crippen molar-refractivity contribution in [1.29, 1.82) is 0 Å².